The summed E-state index contributed by atoms with van der Waals surface area (Å²) < 4.78 is 6.47. The Morgan fingerprint density at radius 2 is 1.70 bits per heavy atom. The number of rotatable bonds is 5. The van der Waals surface area contributed by atoms with E-state index in [1.54, 1.807) is 49.0 Å². The van der Waals surface area contributed by atoms with Crippen molar-refractivity contribution in [3.63, 3.8) is 0 Å². The molecule has 0 saturated carbocycles. The first-order valence-corrected chi connectivity index (χ1v) is 10.4. The fourth-order valence-corrected chi connectivity index (χ4v) is 3.68. The number of anilines is 2. The maximum atomic E-state index is 12.1. The molecule has 0 spiro atoms. The van der Waals surface area contributed by atoms with E-state index in [0.29, 0.717) is 39.3 Å². The number of benzene rings is 2. The van der Waals surface area contributed by atoms with Crippen molar-refractivity contribution in [2.24, 2.45) is 0 Å². The zero-order valence-corrected chi connectivity index (χ0v) is 17.5. The second-order valence-corrected chi connectivity index (χ2v) is 7.97. The number of urea groups is 1. The first-order valence-electron chi connectivity index (χ1n) is 9.02. The van der Waals surface area contributed by atoms with Crippen molar-refractivity contribution in [1.82, 2.24) is 9.56 Å². The summed E-state index contributed by atoms with van der Waals surface area (Å²) >= 11 is 7.38. The summed E-state index contributed by atoms with van der Waals surface area (Å²) in [6.07, 6.45) is 0. The number of fused-ring (bicyclic) bond motifs is 1. The maximum absolute atomic E-state index is 12.1. The molecule has 0 saturated heterocycles. The van der Waals surface area contributed by atoms with Crippen LogP contribution in [0.5, 0.6) is 0 Å². The summed E-state index contributed by atoms with van der Waals surface area (Å²) in [5.41, 5.74) is 2.25. The van der Waals surface area contributed by atoms with Gasteiger partial charge in [-0.3, -0.25) is 4.79 Å². The van der Waals surface area contributed by atoms with Crippen LogP contribution in [0.1, 0.15) is 11.5 Å². The van der Waals surface area contributed by atoms with Gasteiger partial charge in [0, 0.05) is 39.2 Å². The molecular formula is C21H17ClN4O3S. The zero-order valence-electron chi connectivity index (χ0n) is 15.9. The van der Waals surface area contributed by atoms with Crippen LogP contribution in [0.3, 0.4) is 0 Å². The van der Waals surface area contributed by atoms with Crippen molar-refractivity contribution in [1.29, 1.82) is 0 Å². The van der Waals surface area contributed by atoms with E-state index >= 15 is 0 Å². The molecule has 0 aliphatic rings. The number of aromatic nitrogens is 2. The number of amides is 2. The fraction of sp³-hybridized carbons (Fsp3) is 0.0952. The molecule has 30 heavy (non-hydrogen) atoms. The van der Waals surface area contributed by atoms with Gasteiger partial charge in [-0.05, 0) is 55.5 Å². The Kier molecular flexibility index (Phi) is 5.78. The van der Waals surface area contributed by atoms with Crippen molar-refractivity contribution in [3.05, 3.63) is 87.5 Å². The van der Waals surface area contributed by atoms with Gasteiger partial charge in [-0.15, -0.1) is 16.3 Å². The lowest BCUT2D eigenvalue weighted by atomic mass is 10.3. The number of nitrogens with one attached hydrogen (secondary N) is 2. The topological polar surface area (TPSA) is 88.6 Å². The van der Waals surface area contributed by atoms with Crippen LogP contribution in [0.15, 0.2) is 74.9 Å². The molecule has 152 valence electrons. The molecule has 0 aliphatic heterocycles. The lowest BCUT2D eigenvalue weighted by molar-refractivity contribution is 0.262. The number of thioether (sulfide) groups is 1. The van der Waals surface area contributed by atoms with Crippen LogP contribution in [-0.2, 0) is 5.75 Å². The smallest absolute Gasteiger partial charge is 0.323 e. The first-order chi connectivity index (χ1) is 14.5. The minimum absolute atomic E-state index is 0.241. The molecular weight excluding hydrogens is 424 g/mol. The van der Waals surface area contributed by atoms with Crippen molar-refractivity contribution in [3.8, 4) is 0 Å². The van der Waals surface area contributed by atoms with E-state index in [0.717, 1.165) is 4.90 Å². The summed E-state index contributed by atoms with van der Waals surface area (Å²) in [6, 6.07) is 17.1. The molecule has 2 aromatic carbocycles. The predicted octanol–water partition coefficient (Wildman–Crippen LogP) is 5.19. The molecule has 9 heteroatoms. The quantitative estimate of drug-likeness (QED) is 0.417. The van der Waals surface area contributed by atoms with Crippen molar-refractivity contribution in [2.75, 3.05) is 10.6 Å². The molecule has 2 aromatic heterocycles. The Bertz CT molecular complexity index is 1250. The maximum Gasteiger partial charge on any atom is 0.323 e. The van der Waals surface area contributed by atoms with Gasteiger partial charge >= 0.3 is 6.03 Å². The minimum atomic E-state index is -0.342. The third-order valence-corrected chi connectivity index (χ3v) is 5.42. The highest BCUT2D eigenvalue weighted by atomic mass is 35.5. The van der Waals surface area contributed by atoms with Crippen molar-refractivity contribution < 1.29 is 9.32 Å². The van der Waals surface area contributed by atoms with E-state index < -0.39 is 0 Å². The van der Waals surface area contributed by atoms with E-state index in [-0.39, 0.29) is 11.6 Å². The fourth-order valence-electron chi connectivity index (χ4n) is 2.77. The lowest BCUT2D eigenvalue weighted by Crippen LogP contribution is -2.19. The van der Waals surface area contributed by atoms with E-state index in [1.165, 1.54) is 10.6 Å². The third-order valence-electron chi connectivity index (χ3n) is 4.13. The highest BCUT2D eigenvalue weighted by Crippen LogP contribution is 2.24. The predicted molar refractivity (Wildman–Crippen MR) is 119 cm³/mol. The van der Waals surface area contributed by atoms with Crippen LogP contribution in [-0.4, -0.2) is 15.6 Å². The molecule has 0 unspecified atom stereocenters. The molecule has 0 aliphatic carbocycles. The summed E-state index contributed by atoms with van der Waals surface area (Å²) in [5.74, 6) is 1.17. The van der Waals surface area contributed by atoms with E-state index in [2.05, 4.69) is 15.6 Å². The Hall–Kier alpha value is -3.23. The van der Waals surface area contributed by atoms with Gasteiger partial charge in [0.15, 0.2) is 5.65 Å². The Balaban J connectivity index is 1.35. The van der Waals surface area contributed by atoms with Crippen LogP contribution >= 0.6 is 23.4 Å². The molecule has 0 fully saturated rings. The van der Waals surface area contributed by atoms with Gasteiger partial charge in [0.05, 0.1) is 5.69 Å². The van der Waals surface area contributed by atoms with Crippen LogP contribution < -0.4 is 16.2 Å². The first kappa shape index (κ1) is 20.1. The normalized spacial score (nSPS) is 10.9. The standard InChI is InChI=1S/C21H17ClN4O3S/c1-13-10-19-23-17(11-20(27)26(19)29-13)12-30-18-8-6-16(7-9-18)25-21(28)24-15-4-2-14(22)3-5-15/h2-11H,12H2,1H3,(H2,24,25,28). The molecule has 7 nitrogen and oxygen atoms in total. The van der Waals surface area contributed by atoms with E-state index in [9.17, 15) is 9.59 Å². The van der Waals surface area contributed by atoms with E-state index in [1.807, 2.05) is 24.3 Å². The minimum Gasteiger partial charge on any atom is -0.375 e. The van der Waals surface area contributed by atoms with Crippen LogP contribution in [0.4, 0.5) is 16.2 Å². The summed E-state index contributed by atoms with van der Waals surface area (Å²) in [7, 11) is 0. The third kappa shape index (κ3) is 4.84. The van der Waals surface area contributed by atoms with Crippen LogP contribution in [0.2, 0.25) is 5.02 Å². The second kappa shape index (κ2) is 8.64. The van der Waals surface area contributed by atoms with Gasteiger partial charge < -0.3 is 15.2 Å². The average molecular weight is 441 g/mol. The molecule has 0 atom stereocenters. The molecule has 2 N–H and O–H groups in total. The molecule has 2 heterocycles. The van der Waals surface area contributed by atoms with Gasteiger partial charge in [-0.2, -0.15) is 0 Å². The largest absolute Gasteiger partial charge is 0.375 e. The number of carbonyl (C=O) groups is 1. The second-order valence-electron chi connectivity index (χ2n) is 6.48. The number of carbonyl (C=O) groups excluding carboxylic acids is 1. The van der Waals surface area contributed by atoms with Gasteiger partial charge in [-0.1, -0.05) is 11.6 Å². The SMILES string of the molecule is Cc1cc2nc(CSc3ccc(NC(=O)Nc4ccc(Cl)cc4)cc3)cc(=O)n2o1. The summed E-state index contributed by atoms with van der Waals surface area (Å²) in [4.78, 5) is 29.6. The molecule has 4 rings (SSSR count). The number of nitrogens with zero attached hydrogens (tertiary/aromatic N) is 2. The molecule has 0 radical (unpaired) electrons. The van der Waals surface area contributed by atoms with Crippen molar-refractivity contribution >= 4 is 46.4 Å². The number of hydrogen-bond donors (Lipinski definition) is 2. The molecule has 0 bridgehead atoms. The number of aryl methyl sites for hydroxylation is 1. The van der Waals surface area contributed by atoms with Gasteiger partial charge in [0.1, 0.15) is 5.76 Å². The zero-order chi connectivity index (χ0) is 21.1. The van der Waals surface area contributed by atoms with Gasteiger partial charge in [-0.25, -0.2) is 9.78 Å². The number of hydrogen-bond acceptors (Lipinski definition) is 5. The Morgan fingerprint density at radius 3 is 2.37 bits per heavy atom. The monoisotopic (exact) mass is 440 g/mol. The van der Waals surface area contributed by atoms with Crippen molar-refractivity contribution in [2.45, 2.75) is 17.6 Å². The Labute approximate surface area is 181 Å². The lowest BCUT2D eigenvalue weighted by Gasteiger charge is -2.08. The molecule has 4 aromatic rings. The van der Waals surface area contributed by atoms with E-state index in [4.69, 9.17) is 16.1 Å². The van der Waals surface area contributed by atoms with Gasteiger partial charge in [0.25, 0.3) is 5.56 Å². The van der Waals surface area contributed by atoms with Crippen LogP contribution in [0, 0.1) is 6.92 Å². The molecule has 2 amide bonds. The summed E-state index contributed by atoms with van der Waals surface area (Å²) in [6.45, 7) is 1.77. The summed E-state index contributed by atoms with van der Waals surface area (Å²) in [5, 5.41) is 6.12. The number of halogens is 1. The average Bonchev–Trinajstić information content (AvgIpc) is 3.10. The Morgan fingerprint density at radius 1 is 1.07 bits per heavy atom. The highest BCUT2D eigenvalue weighted by Gasteiger charge is 2.08. The van der Waals surface area contributed by atoms with Crippen LogP contribution in [0.25, 0.3) is 5.65 Å². The van der Waals surface area contributed by atoms with Gasteiger partial charge in [0.2, 0.25) is 0 Å². The highest BCUT2D eigenvalue weighted by molar-refractivity contribution is 7.98.